The molecule has 230 valence electrons. The lowest BCUT2D eigenvalue weighted by atomic mass is 10.1. The fraction of sp³-hybridized carbons (Fsp3) is 0.522. The van der Waals surface area contributed by atoms with E-state index in [1.165, 1.54) is 23.4 Å². The fourth-order valence-corrected chi connectivity index (χ4v) is 8.77. The van der Waals surface area contributed by atoms with Gasteiger partial charge in [0.15, 0.2) is 29.5 Å². The van der Waals surface area contributed by atoms with E-state index in [4.69, 9.17) is 20.7 Å². The summed E-state index contributed by atoms with van der Waals surface area (Å²) in [5.41, 5.74) is 13.7. The number of imidazole rings is 2. The Morgan fingerprint density at radius 2 is 1.84 bits per heavy atom. The molecule has 17 nitrogen and oxygen atoms in total. The zero-order valence-electron chi connectivity index (χ0n) is 22.5. The smallest absolute Gasteiger partial charge is 0.397 e. The van der Waals surface area contributed by atoms with Gasteiger partial charge in [-0.05, 0) is 31.2 Å². The van der Waals surface area contributed by atoms with Crippen molar-refractivity contribution >= 4 is 51.6 Å². The van der Waals surface area contributed by atoms with Crippen LogP contribution >= 0.6 is 7.75 Å². The Morgan fingerprint density at radius 3 is 2.67 bits per heavy atom. The van der Waals surface area contributed by atoms with Crippen molar-refractivity contribution in [2.75, 3.05) is 23.8 Å². The summed E-state index contributed by atoms with van der Waals surface area (Å²) in [5.74, 6) is -0.628. The second kappa shape index (κ2) is 10.4. The number of anilines is 2. The molecule has 3 fully saturated rings. The van der Waals surface area contributed by atoms with Gasteiger partial charge in [-0.1, -0.05) is 0 Å². The summed E-state index contributed by atoms with van der Waals surface area (Å²) < 4.78 is 73.0. The molecule has 0 radical (unpaired) electrons. The van der Waals surface area contributed by atoms with Crippen molar-refractivity contribution in [1.82, 2.24) is 43.9 Å². The van der Waals surface area contributed by atoms with E-state index in [0.717, 1.165) is 0 Å². The number of ether oxygens (including phenoxy) is 1. The molecule has 20 heteroatoms. The van der Waals surface area contributed by atoms with Crippen molar-refractivity contribution in [2.45, 2.75) is 56.0 Å². The Bertz CT molecular complexity index is 1860. The molecule has 0 aromatic carbocycles. The zero-order chi connectivity index (χ0) is 30.1. The third-order valence-electron chi connectivity index (χ3n) is 8.30. The third-order valence-corrected chi connectivity index (χ3v) is 10.8. The first-order valence-electron chi connectivity index (χ1n) is 13.6. The number of hydrogen-bond acceptors (Lipinski definition) is 12. The van der Waals surface area contributed by atoms with Gasteiger partial charge in [0, 0.05) is 24.8 Å². The van der Waals surface area contributed by atoms with Gasteiger partial charge in [0.05, 0.1) is 30.2 Å². The molecule has 4 aromatic rings. The van der Waals surface area contributed by atoms with Gasteiger partial charge in [-0.3, -0.25) is 9.09 Å². The molecule has 8 atom stereocenters. The number of sulfonamides is 1. The van der Waals surface area contributed by atoms with Crippen LogP contribution in [0.1, 0.15) is 31.5 Å². The van der Waals surface area contributed by atoms with Gasteiger partial charge in [-0.15, -0.1) is 0 Å². The first-order chi connectivity index (χ1) is 20.5. The maximum Gasteiger partial charge on any atom is 0.403 e. The Hall–Kier alpha value is -3.32. The number of nitrogens with zero attached hydrogens (tertiary/aromatic N) is 7. The molecule has 0 amide bonds. The van der Waals surface area contributed by atoms with Crippen molar-refractivity contribution in [3.05, 3.63) is 31.2 Å². The Morgan fingerprint density at radius 1 is 1.07 bits per heavy atom. The van der Waals surface area contributed by atoms with Crippen molar-refractivity contribution in [2.24, 2.45) is 5.92 Å². The average Bonchev–Trinajstić information content (AvgIpc) is 3.72. The Balaban J connectivity index is 1.15. The summed E-state index contributed by atoms with van der Waals surface area (Å²) in [7, 11) is -8.46. The highest BCUT2D eigenvalue weighted by molar-refractivity contribution is 7.89. The molecule has 3 aliphatic rings. The quantitative estimate of drug-likeness (QED) is 0.187. The predicted molar refractivity (Wildman–Crippen MR) is 150 cm³/mol. The van der Waals surface area contributed by atoms with Crippen LogP contribution in [-0.4, -0.2) is 84.1 Å². The highest BCUT2D eigenvalue weighted by Gasteiger charge is 2.51. The van der Waals surface area contributed by atoms with Crippen molar-refractivity contribution < 1.29 is 31.5 Å². The fourth-order valence-electron chi connectivity index (χ4n) is 6.24. The standard InChI is InChI=1S/C23H29FN11O6PS/c24-16-19-15(40-23(16)35-10-30-17-13(25)1-3-27-21(17)35)2-4-43(38,39)33-14-6-12(5-11(14)7-32-42(36,37)41-19)34-9-31-18-20(26)28-8-29-22(18)34/h1,3,8-12,14-16,19,23,33H,2,4-7H2,(H2,25,27)(H2,26,28,29)(H2,32,36,37)/t11-,12-,14+,15-,16-,19-,23-/m1/s1. The van der Waals surface area contributed by atoms with Crippen LogP contribution in [-0.2, 0) is 23.8 Å². The van der Waals surface area contributed by atoms with Crippen LogP contribution in [0.25, 0.3) is 22.3 Å². The minimum absolute atomic E-state index is 0.0881. The summed E-state index contributed by atoms with van der Waals surface area (Å²) in [6.45, 7) is -0.0881. The largest absolute Gasteiger partial charge is 0.403 e. The van der Waals surface area contributed by atoms with Crippen LogP contribution in [0.5, 0.6) is 0 Å². The van der Waals surface area contributed by atoms with E-state index in [1.807, 2.05) is 0 Å². The van der Waals surface area contributed by atoms with E-state index in [1.54, 1.807) is 17.0 Å². The topological polar surface area (TPSA) is 240 Å². The molecule has 0 spiro atoms. The minimum Gasteiger partial charge on any atom is -0.397 e. The molecular formula is C23H29FN11O6PS. The molecule has 2 saturated heterocycles. The van der Waals surface area contributed by atoms with Gasteiger partial charge in [0.1, 0.15) is 23.5 Å². The van der Waals surface area contributed by atoms with Crippen LogP contribution in [0.15, 0.2) is 31.2 Å². The monoisotopic (exact) mass is 637 g/mol. The number of alkyl halides is 1. The Labute approximate surface area is 243 Å². The molecule has 6 heterocycles. The van der Waals surface area contributed by atoms with Crippen LogP contribution in [0.2, 0.25) is 0 Å². The zero-order valence-corrected chi connectivity index (χ0v) is 24.2. The maximum absolute atomic E-state index is 15.9. The molecular weight excluding hydrogens is 608 g/mol. The number of aromatic nitrogens is 7. The van der Waals surface area contributed by atoms with Gasteiger partial charge < -0.3 is 25.7 Å². The molecule has 1 aliphatic carbocycles. The van der Waals surface area contributed by atoms with Crippen LogP contribution in [0, 0.1) is 5.92 Å². The van der Waals surface area contributed by atoms with E-state index >= 15 is 4.39 Å². The van der Waals surface area contributed by atoms with E-state index in [-0.39, 0.29) is 30.5 Å². The summed E-state index contributed by atoms with van der Waals surface area (Å²) in [5, 5.41) is 2.52. The van der Waals surface area contributed by atoms with Crippen molar-refractivity contribution in [3.8, 4) is 0 Å². The summed E-state index contributed by atoms with van der Waals surface area (Å²) >= 11 is 0. The SMILES string of the molecule is Nc1ncnc2c1ncn2[C@@H]1C[C@@H]2CNP(=O)(O)O[C@H]3[C@@H](F)[C@H](n4cnc5c(N)ccnc54)O[C@@H]3CCS(=O)(=O)N[C@H]2C1. The lowest BCUT2D eigenvalue weighted by Crippen LogP contribution is -2.43. The van der Waals surface area contributed by atoms with E-state index in [2.05, 4.69) is 34.7 Å². The lowest BCUT2D eigenvalue weighted by Gasteiger charge is -2.27. The van der Waals surface area contributed by atoms with E-state index < -0.39 is 60.1 Å². The number of nitrogen functional groups attached to an aromatic ring is 2. The maximum atomic E-state index is 15.9. The lowest BCUT2D eigenvalue weighted by molar-refractivity contribution is -0.0225. The van der Waals surface area contributed by atoms with Crippen LogP contribution < -0.4 is 21.3 Å². The molecule has 4 aromatic heterocycles. The second-order valence-corrected chi connectivity index (χ2v) is 14.4. The van der Waals surface area contributed by atoms with Crippen molar-refractivity contribution in [1.29, 1.82) is 0 Å². The van der Waals surface area contributed by atoms with Gasteiger partial charge in [0.25, 0.3) is 0 Å². The van der Waals surface area contributed by atoms with E-state index in [0.29, 0.717) is 35.2 Å². The summed E-state index contributed by atoms with van der Waals surface area (Å²) in [6.07, 6.45) is 0.155. The van der Waals surface area contributed by atoms with Crippen molar-refractivity contribution in [3.63, 3.8) is 0 Å². The molecule has 0 bridgehead atoms. The molecule has 7 rings (SSSR count). The van der Waals surface area contributed by atoms with Crippen LogP contribution in [0.4, 0.5) is 15.9 Å². The number of rotatable bonds is 2. The number of hydrogen-bond donors (Lipinski definition) is 5. The molecule has 7 N–H and O–H groups in total. The number of nitrogens with one attached hydrogen (secondary N) is 2. The highest BCUT2D eigenvalue weighted by atomic mass is 32.2. The number of halogens is 1. The second-order valence-electron chi connectivity index (χ2n) is 11.0. The summed E-state index contributed by atoms with van der Waals surface area (Å²) in [4.78, 5) is 31.7. The van der Waals surface area contributed by atoms with Gasteiger partial charge in [-0.2, -0.15) is 0 Å². The van der Waals surface area contributed by atoms with E-state index in [9.17, 15) is 17.9 Å². The highest BCUT2D eigenvalue weighted by Crippen LogP contribution is 2.47. The molecule has 2 aliphatic heterocycles. The first kappa shape index (κ1) is 28.5. The molecule has 1 saturated carbocycles. The number of nitrogens with two attached hydrogens (primary N) is 2. The minimum atomic E-state index is -4.58. The predicted octanol–water partition coefficient (Wildman–Crippen LogP) is 0.389. The number of fused-ring (bicyclic) bond motifs is 4. The van der Waals surface area contributed by atoms with Gasteiger partial charge in [-0.25, -0.2) is 52.1 Å². The Kier molecular flexibility index (Phi) is 6.88. The van der Waals surface area contributed by atoms with Crippen LogP contribution in [0.3, 0.4) is 0 Å². The molecule has 43 heavy (non-hydrogen) atoms. The van der Waals surface area contributed by atoms with Gasteiger partial charge in [0.2, 0.25) is 10.0 Å². The van der Waals surface area contributed by atoms with Gasteiger partial charge >= 0.3 is 7.75 Å². The molecule has 1 unspecified atom stereocenters. The average molecular weight is 638 g/mol. The normalized spacial score (nSPS) is 34.9. The first-order valence-corrected chi connectivity index (χ1v) is 16.8. The summed E-state index contributed by atoms with van der Waals surface area (Å²) in [6, 6.07) is 0.715. The third kappa shape index (κ3) is 5.13. The number of pyridine rings is 1.